The molecule has 1 N–H and O–H groups in total. The highest BCUT2D eigenvalue weighted by atomic mass is 35.5. The number of anilines is 1. The van der Waals surface area contributed by atoms with Crippen molar-refractivity contribution in [3.05, 3.63) is 70.8 Å². The summed E-state index contributed by atoms with van der Waals surface area (Å²) in [5, 5.41) is 6.99. The van der Waals surface area contributed by atoms with E-state index in [1.54, 1.807) is 55.5 Å². The number of amides is 1. The Morgan fingerprint density at radius 3 is 2.71 bits per heavy atom. The molecule has 3 rings (SSSR count). The van der Waals surface area contributed by atoms with Gasteiger partial charge in [0.05, 0.1) is 16.3 Å². The van der Waals surface area contributed by atoms with Gasteiger partial charge in [0.1, 0.15) is 5.75 Å². The summed E-state index contributed by atoms with van der Waals surface area (Å²) in [6.45, 7) is 1.80. The van der Waals surface area contributed by atoms with E-state index in [1.165, 1.54) is 0 Å². The van der Waals surface area contributed by atoms with E-state index in [2.05, 4.69) is 15.5 Å². The number of rotatable bonds is 5. The van der Waals surface area contributed by atoms with Crippen LogP contribution in [0.3, 0.4) is 0 Å². The Labute approximate surface area is 143 Å². The van der Waals surface area contributed by atoms with Gasteiger partial charge in [-0.1, -0.05) is 41.0 Å². The number of hydrogen-bond donors (Lipinski definition) is 1. The van der Waals surface area contributed by atoms with Crippen molar-refractivity contribution in [2.75, 3.05) is 5.32 Å². The van der Waals surface area contributed by atoms with Gasteiger partial charge in [-0.05, 0) is 24.3 Å². The number of nitrogens with zero attached hydrogens (tertiary/aromatic N) is 2. The van der Waals surface area contributed by atoms with Gasteiger partial charge in [0, 0.05) is 6.92 Å². The SMILES string of the molecule is Cc1nc(COc2ccccc2C(=O)Nc2ccccc2Cl)no1. The molecule has 0 saturated heterocycles. The third kappa shape index (κ3) is 3.72. The molecule has 0 unspecified atom stereocenters. The maximum Gasteiger partial charge on any atom is 0.259 e. The van der Waals surface area contributed by atoms with Crippen molar-refractivity contribution in [1.82, 2.24) is 10.1 Å². The molecule has 3 aromatic rings. The van der Waals surface area contributed by atoms with Gasteiger partial charge in [0.25, 0.3) is 5.91 Å². The largest absolute Gasteiger partial charge is 0.485 e. The van der Waals surface area contributed by atoms with Crippen molar-refractivity contribution >= 4 is 23.2 Å². The van der Waals surface area contributed by atoms with Crippen molar-refractivity contribution in [3.63, 3.8) is 0 Å². The fourth-order valence-electron chi connectivity index (χ4n) is 2.07. The van der Waals surface area contributed by atoms with Gasteiger partial charge in [0.15, 0.2) is 6.61 Å². The molecule has 122 valence electrons. The first-order valence-electron chi connectivity index (χ1n) is 7.20. The minimum Gasteiger partial charge on any atom is -0.485 e. The van der Waals surface area contributed by atoms with Gasteiger partial charge < -0.3 is 14.6 Å². The molecular formula is C17H14ClN3O3. The van der Waals surface area contributed by atoms with E-state index in [-0.39, 0.29) is 12.5 Å². The summed E-state index contributed by atoms with van der Waals surface area (Å²) in [6, 6.07) is 13.9. The first kappa shape index (κ1) is 16.0. The van der Waals surface area contributed by atoms with E-state index < -0.39 is 0 Å². The molecule has 0 bridgehead atoms. The second-order valence-electron chi connectivity index (χ2n) is 4.95. The molecule has 0 aliphatic heterocycles. The fraction of sp³-hybridized carbons (Fsp3) is 0.118. The normalized spacial score (nSPS) is 10.4. The third-order valence-electron chi connectivity index (χ3n) is 3.18. The Morgan fingerprint density at radius 2 is 1.96 bits per heavy atom. The lowest BCUT2D eigenvalue weighted by atomic mass is 10.2. The molecule has 6 nitrogen and oxygen atoms in total. The Morgan fingerprint density at radius 1 is 1.21 bits per heavy atom. The number of hydrogen-bond acceptors (Lipinski definition) is 5. The van der Waals surface area contributed by atoms with Crippen LogP contribution in [0.15, 0.2) is 53.1 Å². The summed E-state index contributed by atoms with van der Waals surface area (Å²) < 4.78 is 10.5. The first-order chi connectivity index (χ1) is 11.6. The van der Waals surface area contributed by atoms with Crippen LogP contribution < -0.4 is 10.1 Å². The lowest BCUT2D eigenvalue weighted by molar-refractivity contribution is 0.102. The molecule has 0 radical (unpaired) electrons. The first-order valence-corrected chi connectivity index (χ1v) is 7.58. The Balaban J connectivity index is 1.75. The number of para-hydroxylation sites is 2. The van der Waals surface area contributed by atoms with Gasteiger partial charge in [-0.2, -0.15) is 4.98 Å². The molecule has 2 aromatic carbocycles. The van der Waals surface area contributed by atoms with Gasteiger partial charge in [-0.15, -0.1) is 0 Å². The zero-order valence-corrected chi connectivity index (χ0v) is 13.6. The number of carbonyl (C=O) groups is 1. The Hall–Kier alpha value is -2.86. The van der Waals surface area contributed by atoms with Crippen LogP contribution >= 0.6 is 11.6 Å². The zero-order valence-electron chi connectivity index (χ0n) is 12.8. The minimum absolute atomic E-state index is 0.105. The average molecular weight is 344 g/mol. The quantitative estimate of drug-likeness (QED) is 0.761. The standard InChI is InChI=1S/C17H14ClN3O3/c1-11-19-16(21-24-11)10-23-15-9-5-2-6-12(15)17(22)20-14-8-4-3-7-13(14)18/h2-9H,10H2,1H3,(H,20,22). The summed E-state index contributed by atoms with van der Waals surface area (Å²) in [7, 11) is 0. The monoisotopic (exact) mass is 343 g/mol. The Bertz CT molecular complexity index is 864. The summed E-state index contributed by atoms with van der Waals surface area (Å²) in [4.78, 5) is 16.6. The van der Waals surface area contributed by atoms with E-state index in [1.807, 2.05) is 0 Å². The number of carbonyl (C=O) groups excluding carboxylic acids is 1. The predicted molar refractivity (Wildman–Crippen MR) is 89.2 cm³/mol. The molecule has 0 atom stereocenters. The molecule has 0 aliphatic rings. The van der Waals surface area contributed by atoms with Crippen molar-refractivity contribution in [3.8, 4) is 5.75 Å². The lowest BCUT2D eigenvalue weighted by Crippen LogP contribution is -2.14. The smallest absolute Gasteiger partial charge is 0.259 e. The highest BCUT2D eigenvalue weighted by Gasteiger charge is 2.14. The van der Waals surface area contributed by atoms with E-state index in [0.717, 1.165) is 0 Å². The summed E-state index contributed by atoms with van der Waals surface area (Å²) in [5.41, 5.74) is 0.922. The van der Waals surface area contributed by atoms with Crippen molar-refractivity contribution in [2.45, 2.75) is 13.5 Å². The van der Waals surface area contributed by atoms with E-state index in [0.29, 0.717) is 33.7 Å². The minimum atomic E-state index is -0.317. The lowest BCUT2D eigenvalue weighted by Gasteiger charge is -2.11. The second-order valence-corrected chi connectivity index (χ2v) is 5.36. The van der Waals surface area contributed by atoms with Crippen molar-refractivity contribution in [2.24, 2.45) is 0 Å². The Kier molecular flexibility index (Phi) is 4.77. The maximum absolute atomic E-state index is 12.5. The highest BCUT2D eigenvalue weighted by Crippen LogP contribution is 2.24. The van der Waals surface area contributed by atoms with Crippen LogP contribution in [0.4, 0.5) is 5.69 Å². The van der Waals surface area contributed by atoms with Crippen LogP contribution in [0.25, 0.3) is 0 Å². The highest BCUT2D eigenvalue weighted by molar-refractivity contribution is 6.33. The van der Waals surface area contributed by atoms with E-state index in [4.69, 9.17) is 20.9 Å². The number of aryl methyl sites for hydroxylation is 1. The fourth-order valence-corrected chi connectivity index (χ4v) is 2.26. The van der Waals surface area contributed by atoms with Gasteiger partial charge in [-0.3, -0.25) is 4.79 Å². The summed E-state index contributed by atoms with van der Waals surface area (Å²) in [6.07, 6.45) is 0. The topological polar surface area (TPSA) is 77.2 Å². The number of halogens is 1. The average Bonchev–Trinajstić information content (AvgIpc) is 3.01. The molecular weight excluding hydrogens is 330 g/mol. The van der Waals surface area contributed by atoms with Crippen LogP contribution in [0, 0.1) is 6.92 Å². The summed E-state index contributed by atoms with van der Waals surface area (Å²) in [5.74, 6) is 0.972. The second kappa shape index (κ2) is 7.14. The number of nitrogens with one attached hydrogen (secondary N) is 1. The third-order valence-corrected chi connectivity index (χ3v) is 3.51. The van der Waals surface area contributed by atoms with Crippen LogP contribution in [-0.4, -0.2) is 16.0 Å². The molecule has 0 fully saturated rings. The van der Waals surface area contributed by atoms with Gasteiger partial charge >= 0.3 is 0 Å². The van der Waals surface area contributed by atoms with E-state index in [9.17, 15) is 4.79 Å². The molecule has 1 heterocycles. The van der Waals surface area contributed by atoms with Crippen molar-refractivity contribution < 1.29 is 14.1 Å². The van der Waals surface area contributed by atoms with Crippen LogP contribution in [-0.2, 0) is 6.61 Å². The molecule has 24 heavy (non-hydrogen) atoms. The molecule has 7 heteroatoms. The van der Waals surface area contributed by atoms with E-state index >= 15 is 0 Å². The molecule has 0 aliphatic carbocycles. The molecule has 1 amide bonds. The molecule has 0 spiro atoms. The van der Waals surface area contributed by atoms with Crippen LogP contribution in [0.1, 0.15) is 22.1 Å². The molecule has 1 aromatic heterocycles. The van der Waals surface area contributed by atoms with Gasteiger partial charge in [0.2, 0.25) is 11.7 Å². The zero-order chi connectivity index (χ0) is 16.9. The van der Waals surface area contributed by atoms with Crippen LogP contribution in [0.5, 0.6) is 5.75 Å². The number of aromatic nitrogens is 2. The predicted octanol–water partition coefficient (Wildman–Crippen LogP) is 3.86. The van der Waals surface area contributed by atoms with Crippen LogP contribution in [0.2, 0.25) is 5.02 Å². The number of benzene rings is 2. The van der Waals surface area contributed by atoms with Gasteiger partial charge in [-0.25, -0.2) is 0 Å². The molecule has 0 saturated carbocycles. The maximum atomic E-state index is 12.5. The van der Waals surface area contributed by atoms with Crippen molar-refractivity contribution in [1.29, 1.82) is 0 Å². The number of ether oxygens (including phenoxy) is 1. The summed E-state index contributed by atoms with van der Waals surface area (Å²) >= 11 is 6.07.